The second-order valence-corrected chi connectivity index (χ2v) is 4.75. The molecule has 1 amide bonds. The molecule has 0 saturated heterocycles. The first kappa shape index (κ1) is 14.9. The van der Waals surface area contributed by atoms with E-state index in [-0.39, 0.29) is 18.6 Å². The molecule has 0 saturated carbocycles. The van der Waals surface area contributed by atoms with Crippen molar-refractivity contribution in [3.05, 3.63) is 42.5 Å². The zero-order valence-corrected chi connectivity index (χ0v) is 12.5. The van der Waals surface area contributed by atoms with Crippen LogP contribution >= 0.6 is 0 Å². The predicted molar refractivity (Wildman–Crippen MR) is 81.2 cm³/mol. The van der Waals surface area contributed by atoms with E-state index in [9.17, 15) is 4.79 Å². The maximum atomic E-state index is 11.2. The van der Waals surface area contributed by atoms with E-state index >= 15 is 0 Å². The number of rotatable bonds is 6. The van der Waals surface area contributed by atoms with Crippen LogP contribution in [0.4, 0.5) is 5.69 Å². The monoisotopic (exact) mass is 288 g/mol. The molecule has 0 aliphatic rings. The minimum atomic E-state index is -0.158. The summed E-state index contributed by atoms with van der Waals surface area (Å²) in [6.07, 6.45) is 3.69. The van der Waals surface area contributed by atoms with Crippen LogP contribution in [0.1, 0.15) is 18.8 Å². The number of hydrogen-bond donors (Lipinski definition) is 2. The van der Waals surface area contributed by atoms with E-state index < -0.39 is 0 Å². The minimum Gasteiger partial charge on any atom is -0.484 e. The lowest BCUT2D eigenvalue weighted by atomic mass is 10.2. The average Bonchev–Trinajstić information content (AvgIpc) is 2.91. The maximum absolute atomic E-state index is 11.2. The Balaban J connectivity index is 2.01. The SMILES string of the molecule is CNC(=O)COc1cccc(NC(C)c2nccn2C)c1. The zero-order chi connectivity index (χ0) is 15.2. The number of anilines is 1. The summed E-state index contributed by atoms with van der Waals surface area (Å²) in [6.45, 7) is 2.05. The van der Waals surface area contributed by atoms with Crippen LogP contribution in [0.15, 0.2) is 36.7 Å². The van der Waals surface area contributed by atoms with Gasteiger partial charge in [0, 0.05) is 38.2 Å². The number of nitrogens with zero attached hydrogens (tertiary/aromatic N) is 2. The highest BCUT2D eigenvalue weighted by molar-refractivity contribution is 5.77. The summed E-state index contributed by atoms with van der Waals surface area (Å²) in [5, 5.41) is 5.88. The number of aromatic nitrogens is 2. The number of amides is 1. The van der Waals surface area contributed by atoms with Gasteiger partial charge in [0.15, 0.2) is 6.61 Å². The van der Waals surface area contributed by atoms with Gasteiger partial charge >= 0.3 is 0 Å². The van der Waals surface area contributed by atoms with Gasteiger partial charge in [0.05, 0.1) is 6.04 Å². The molecular formula is C15H20N4O2. The molecular weight excluding hydrogens is 268 g/mol. The third-order valence-corrected chi connectivity index (χ3v) is 3.11. The molecule has 2 N–H and O–H groups in total. The summed E-state index contributed by atoms with van der Waals surface area (Å²) >= 11 is 0. The number of benzene rings is 1. The fraction of sp³-hybridized carbons (Fsp3) is 0.333. The number of likely N-dealkylation sites (N-methyl/N-ethyl adjacent to an activating group) is 1. The van der Waals surface area contributed by atoms with Crippen molar-refractivity contribution >= 4 is 11.6 Å². The minimum absolute atomic E-state index is 0.00880. The van der Waals surface area contributed by atoms with Crippen LogP contribution in [0, 0.1) is 0 Å². The first-order chi connectivity index (χ1) is 10.1. The van der Waals surface area contributed by atoms with E-state index in [1.54, 1.807) is 13.2 Å². The Morgan fingerprint density at radius 1 is 1.48 bits per heavy atom. The van der Waals surface area contributed by atoms with Gasteiger partial charge in [0.2, 0.25) is 0 Å². The lowest BCUT2D eigenvalue weighted by Crippen LogP contribution is -2.24. The number of carbonyl (C=O) groups is 1. The lowest BCUT2D eigenvalue weighted by Gasteiger charge is -2.16. The molecule has 1 unspecified atom stereocenters. The molecule has 0 aliphatic carbocycles. The van der Waals surface area contributed by atoms with Crippen molar-refractivity contribution in [1.82, 2.24) is 14.9 Å². The van der Waals surface area contributed by atoms with Crippen molar-refractivity contribution in [2.45, 2.75) is 13.0 Å². The molecule has 21 heavy (non-hydrogen) atoms. The molecule has 0 aliphatic heterocycles. The fourth-order valence-corrected chi connectivity index (χ4v) is 2.01. The van der Waals surface area contributed by atoms with Gasteiger partial charge in [0.1, 0.15) is 11.6 Å². The lowest BCUT2D eigenvalue weighted by molar-refractivity contribution is -0.122. The van der Waals surface area contributed by atoms with Gasteiger partial charge in [-0.3, -0.25) is 4.79 Å². The van der Waals surface area contributed by atoms with Gasteiger partial charge < -0.3 is 19.9 Å². The zero-order valence-electron chi connectivity index (χ0n) is 12.5. The molecule has 2 rings (SSSR count). The Morgan fingerprint density at radius 2 is 2.29 bits per heavy atom. The average molecular weight is 288 g/mol. The summed E-state index contributed by atoms with van der Waals surface area (Å²) in [5.74, 6) is 1.44. The van der Waals surface area contributed by atoms with E-state index in [1.165, 1.54) is 0 Å². The number of carbonyl (C=O) groups excluding carboxylic acids is 1. The van der Waals surface area contributed by atoms with Gasteiger partial charge in [0.25, 0.3) is 5.91 Å². The number of hydrogen-bond acceptors (Lipinski definition) is 4. The number of aryl methyl sites for hydroxylation is 1. The molecule has 1 heterocycles. The highest BCUT2D eigenvalue weighted by Crippen LogP contribution is 2.21. The number of nitrogens with one attached hydrogen (secondary N) is 2. The van der Waals surface area contributed by atoms with Crippen LogP contribution in [0.25, 0.3) is 0 Å². The Kier molecular flexibility index (Phi) is 4.81. The van der Waals surface area contributed by atoms with E-state index in [4.69, 9.17) is 4.74 Å². The first-order valence-corrected chi connectivity index (χ1v) is 6.77. The molecule has 1 aromatic heterocycles. The number of ether oxygens (including phenoxy) is 1. The molecule has 112 valence electrons. The molecule has 2 aromatic rings. The predicted octanol–water partition coefficient (Wildman–Crippen LogP) is 1.72. The Morgan fingerprint density at radius 3 is 2.95 bits per heavy atom. The van der Waals surface area contributed by atoms with Crippen molar-refractivity contribution in [3.8, 4) is 5.75 Å². The summed E-state index contributed by atoms with van der Waals surface area (Å²) in [6, 6.07) is 7.58. The van der Waals surface area contributed by atoms with Crippen molar-refractivity contribution in [2.24, 2.45) is 7.05 Å². The molecule has 1 aromatic carbocycles. The molecule has 0 bridgehead atoms. The van der Waals surface area contributed by atoms with Crippen LogP contribution in [0.5, 0.6) is 5.75 Å². The Labute approximate surface area is 124 Å². The largest absolute Gasteiger partial charge is 0.484 e. The highest BCUT2D eigenvalue weighted by atomic mass is 16.5. The second kappa shape index (κ2) is 6.78. The summed E-state index contributed by atoms with van der Waals surface area (Å²) in [4.78, 5) is 15.5. The van der Waals surface area contributed by atoms with Crippen molar-refractivity contribution in [2.75, 3.05) is 19.0 Å². The molecule has 6 heteroatoms. The van der Waals surface area contributed by atoms with Crippen molar-refractivity contribution < 1.29 is 9.53 Å². The van der Waals surface area contributed by atoms with Crippen LogP contribution in [-0.2, 0) is 11.8 Å². The van der Waals surface area contributed by atoms with Crippen LogP contribution in [-0.4, -0.2) is 29.1 Å². The van der Waals surface area contributed by atoms with Crippen LogP contribution in [0.2, 0.25) is 0 Å². The van der Waals surface area contributed by atoms with E-state index in [0.717, 1.165) is 11.5 Å². The van der Waals surface area contributed by atoms with Gasteiger partial charge in [-0.05, 0) is 19.1 Å². The van der Waals surface area contributed by atoms with E-state index in [1.807, 2.05) is 49.0 Å². The van der Waals surface area contributed by atoms with E-state index in [2.05, 4.69) is 15.6 Å². The highest BCUT2D eigenvalue weighted by Gasteiger charge is 2.10. The van der Waals surface area contributed by atoms with Crippen molar-refractivity contribution in [1.29, 1.82) is 0 Å². The molecule has 0 spiro atoms. The molecule has 6 nitrogen and oxygen atoms in total. The maximum Gasteiger partial charge on any atom is 0.257 e. The smallest absolute Gasteiger partial charge is 0.257 e. The summed E-state index contributed by atoms with van der Waals surface area (Å²) < 4.78 is 7.40. The second-order valence-electron chi connectivity index (χ2n) is 4.75. The molecule has 0 radical (unpaired) electrons. The van der Waals surface area contributed by atoms with Gasteiger partial charge in [-0.25, -0.2) is 4.98 Å². The van der Waals surface area contributed by atoms with Gasteiger partial charge in [-0.15, -0.1) is 0 Å². The Bertz CT molecular complexity index is 609. The standard InChI is InChI=1S/C15H20N4O2/c1-11(15-17-7-8-19(15)3)18-12-5-4-6-13(9-12)21-10-14(20)16-2/h4-9,11,18H,10H2,1-3H3,(H,16,20). The molecule has 1 atom stereocenters. The third kappa shape index (κ3) is 3.98. The topological polar surface area (TPSA) is 68.2 Å². The third-order valence-electron chi connectivity index (χ3n) is 3.11. The normalized spacial score (nSPS) is 11.8. The fourth-order valence-electron chi connectivity index (χ4n) is 2.01. The van der Waals surface area contributed by atoms with Gasteiger partial charge in [-0.2, -0.15) is 0 Å². The van der Waals surface area contributed by atoms with Crippen LogP contribution in [0.3, 0.4) is 0 Å². The van der Waals surface area contributed by atoms with E-state index in [0.29, 0.717) is 5.75 Å². The van der Waals surface area contributed by atoms with Crippen molar-refractivity contribution in [3.63, 3.8) is 0 Å². The Hall–Kier alpha value is -2.50. The molecule has 0 fully saturated rings. The summed E-state index contributed by atoms with van der Waals surface area (Å²) in [5.41, 5.74) is 0.917. The quantitative estimate of drug-likeness (QED) is 0.849. The first-order valence-electron chi connectivity index (χ1n) is 6.77. The van der Waals surface area contributed by atoms with Gasteiger partial charge in [-0.1, -0.05) is 6.07 Å². The summed E-state index contributed by atoms with van der Waals surface area (Å²) in [7, 11) is 3.54. The van der Waals surface area contributed by atoms with Crippen LogP contribution < -0.4 is 15.4 Å². The number of imidazole rings is 1.